The minimum atomic E-state index is 0.116. The number of nitrogens with zero attached hydrogens (tertiary/aromatic N) is 3. The predicted octanol–water partition coefficient (Wildman–Crippen LogP) is 3.27. The third-order valence-electron chi connectivity index (χ3n) is 3.08. The summed E-state index contributed by atoms with van der Waals surface area (Å²) in [5.74, 6) is 2.75. The van der Waals surface area contributed by atoms with E-state index in [4.69, 9.17) is 15.2 Å². The molecule has 24 heavy (non-hydrogen) atoms. The fourth-order valence-electron chi connectivity index (χ4n) is 1.92. The third-order valence-corrected chi connectivity index (χ3v) is 4.36. The van der Waals surface area contributed by atoms with Crippen LogP contribution in [-0.4, -0.2) is 22.8 Å². The van der Waals surface area contributed by atoms with E-state index in [-0.39, 0.29) is 18.0 Å². The number of nitrogens with two attached hydrogens (primary N) is 1. The Kier molecular flexibility index (Phi) is 6.27. The van der Waals surface area contributed by atoms with Gasteiger partial charge in [-0.1, -0.05) is 37.7 Å². The largest absolute Gasteiger partial charge is 0.493 e. The number of aromatic nitrogens is 2. The van der Waals surface area contributed by atoms with Crippen molar-refractivity contribution in [2.24, 2.45) is 5.92 Å². The molecule has 0 saturated heterocycles. The van der Waals surface area contributed by atoms with Gasteiger partial charge in [-0.05, 0) is 18.1 Å². The molecule has 0 unspecified atom stereocenters. The molecule has 6 nitrogen and oxygen atoms in total. The average molecular weight is 344 g/mol. The number of hydrogen-bond donors (Lipinski definition) is 1. The molecule has 0 bridgehead atoms. The zero-order chi connectivity index (χ0) is 17.5. The van der Waals surface area contributed by atoms with Crippen LogP contribution in [0.25, 0.3) is 0 Å². The van der Waals surface area contributed by atoms with Crippen LogP contribution < -0.4 is 15.2 Å². The second-order valence-corrected chi connectivity index (χ2v) is 6.46. The van der Waals surface area contributed by atoms with Crippen LogP contribution in [0.2, 0.25) is 0 Å². The molecule has 0 fully saturated rings. The number of benzene rings is 1. The molecule has 2 rings (SSSR count). The van der Waals surface area contributed by atoms with Gasteiger partial charge in [0.15, 0.2) is 16.7 Å². The maximum atomic E-state index is 9.31. The van der Waals surface area contributed by atoms with Gasteiger partial charge in [-0.15, -0.1) is 0 Å². The van der Waals surface area contributed by atoms with E-state index in [1.54, 1.807) is 19.2 Å². The number of ether oxygens (including phenoxy) is 2. The Hall–Kier alpha value is -2.46. The highest BCUT2D eigenvalue weighted by molar-refractivity contribution is 7.99. The number of rotatable bonds is 7. The molecule has 1 aromatic carbocycles. The van der Waals surface area contributed by atoms with Crippen LogP contribution in [0, 0.1) is 17.2 Å². The minimum absolute atomic E-state index is 0.116. The van der Waals surface area contributed by atoms with Crippen molar-refractivity contribution in [3.8, 4) is 17.6 Å². The number of methoxy groups -OCH3 is 1. The first-order valence-electron chi connectivity index (χ1n) is 7.50. The fraction of sp³-hybridized carbons (Fsp3) is 0.353. The molecule has 0 aliphatic heterocycles. The standard InChI is InChI=1S/C17H20N4O2S/c1-11(2)10-24-17-20-13(12(8-18)16(19)21-17)9-23-15-7-5-4-6-14(15)22-3/h4-7,11H,9-10H2,1-3H3,(H2,19,20,21). The van der Waals surface area contributed by atoms with Crippen LogP contribution in [-0.2, 0) is 6.61 Å². The summed E-state index contributed by atoms with van der Waals surface area (Å²) in [7, 11) is 1.58. The van der Waals surface area contributed by atoms with Crippen LogP contribution in [0.3, 0.4) is 0 Å². The first-order chi connectivity index (χ1) is 11.5. The van der Waals surface area contributed by atoms with Gasteiger partial charge in [0.25, 0.3) is 0 Å². The number of anilines is 1. The van der Waals surface area contributed by atoms with E-state index in [0.717, 1.165) is 5.75 Å². The van der Waals surface area contributed by atoms with Crippen LogP contribution >= 0.6 is 11.8 Å². The molecule has 0 aliphatic rings. The van der Waals surface area contributed by atoms with E-state index >= 15 is 0 Å². The lowest BCUT2D eigenvalue weighted by molar-refractivity contribution is 0.279. The molecule has 0 spiro atoms. The van der Waals surface area contributed by atoms with Gasteiger partial charge in [0.1, 0.15) is 29.8 Å². The number of nitrogen functional groups attached to an aromatic ring is 1. The van der Waals surface area contributed by atoms with Gasteiger partial charge >= 0.3 is 0 Å². The molecule has 1 aromatic heterocycles. The molecule has 0 aliphatic carbocycles. The molecule has 7 heteroatoms. The molecule has 0 saturated carbocycles. The molecule has 0 atom stereocenters. The predicted molar refractivity (Wildman–Crippen MR) is 94.0 cm³/mol. The quantitative estimate of drug-likeness (QED) is 0.608. The van der Waals surface area contributed by atoms with Gasteiger partial charge in [0, 0.05) is 5.75 Å². The van der Waals surface area contributed by atoms with Crippen molar-refractivity contribution in [1.82, 2.24) is 9.97 Å². The van der Waals surface area contributed by atoms with Crippen LogP contribution in [0.15, 0.2) is 29.4 Å². The highest BCUT2D eigenvalue weighted by atomic mass is 32.2. The number of nitriles is 1. The van der Waals surface area contributed by atoms with Crippen molar-refractivity contribution in [3.63, 3.8) is 0 Å². The Morgan fingerprint density at radius 3 is 2.58 bits per heavy atom. The van der Waals surface area contributed by atoms with E-state index < -0.39 is 0 Å². The molecule has 1 heterocycles. The summed E-state index contributed by atoms with van der Waals surface area (Å²) >= 11 is 1.51. The molecular formula is C17H20N4O2S. The maximum Gasteiger partial charge on any atom is 0.189 e. The Bertz CT molecular complexity index is 744. The highest BCUT2D eigenvalue weighted by Gasteiger charge is 2.14. The zero-order valence-corrected chi connectivity index (χ0v) is 14.8. The van der Waals surface area contributed by atoms with Crippen LogP contribution in [0.4, 0.5) is 5.82 Å². The van der Waals surface area contributed by atoms with Gasteiger partial charge in [0.05, 0.1) is 7.11 Å². The smallest absolute Gasteiger partial charge is 0.189 e. The topological polar surface area (TPSA) is 94.1 Å². The molecule has 2 N–H and O–H groups in total. The molecule has 2 aromatic rings. The SMILES string of the molecule is COc1ccccc1OCc1nc(SCC(C)C)nc(N)c1C#N. The lowest BCUT2D eigenvalue weighted by Crippen LogP contribution is -2.09. The Morgan fingerprint density at radius 1 is 1.25 bits per heavy atom. The van der Waals surface area contributed by atoms with Crippen molar-refractivity contribution in [1.29, 1.82) is 5.26 Å². The minimum Gasteiger partial charge on any atom is -0.493 e. The van der Waals surface area contributed by atoms with Gasteiger partial charge in [-0.3, -0.25) is 0 Å². The van der Waals surface area contributed by atoms with E-state index in [2.05, 4.69) is 29.9 Å². The fourth-order valence-corrected chi connectivity index (χ4v) is 2.74. The van der Waals surface area contributed by atoms with E-state index in [0.29, 0.717) is 28.3 Å². The second-order valence-electron chi connectivity index (χ2n) is 5.47. The monoisotopic (exact) mass is 344 g/mol. The van der Waals surface area contributed by atoms with Crippen molar-refractivity contribution < 1.29 is 9.47 Å². The van der Waals surface area contributed by atoms with Gasteiger partial charge < -0.3 is 15.2 Å². The van der Waals surface area contributed by atoms with Crippen molar-refractivity contribution in [2.75, 3.05) is 18.6 Å². The maximum absolute atomic E-state index is 9.31. The summed E-state index contributed by atoms with van der Waals surface area (Å²) in [6.45, 7) is 4.35. The summed E-state index contributed by atoms with van der Waals surface area (Å²) < 4.78 is 11.0. The molecular weight excluding hydrogens is 324 g/mol. The van der Waals surface area contributed by atoms with Gasteiger partial charge in [-0.25, -0.2) is 9.97 Å². The first-order valence-corrected chi connectivity index (χ1v) is 8.48. The summed E-state index contributed by atoms with van der Waals surface area (Å²) in [5, 5.41) is 9.86. The number of para-hydroxylation sites is 2. The highest BCUT2D eigenvalue weighted by Crippen LogP contribution is 2.28. The van der Waals surface area contributed by atoms with Gasteiger partial charge in [-0.2, -0.15) is 5.26 Å². The van der Waals surface area contributed by atoms with Crippen molar-refractivity contribution in [3.05, 3.63) is 35.5 Å². The summed E-state index contributed by atoms with van der Waals surface area (Å²) in [6, 6.07) is 9.36. The third kappa shape index (κ3) is 4.52. The Labute approximate surface area is 146 Å². The first kappa shape index (κ1) is 17.9. The molecule has 0 amide bonds. The normalized spacial score (nSPS) is 10.5. The van der Waals surface area contributed by atoms with Gasteiger partial charge in [0.2, 0.25) is 0 Å². The van der Waals surface area contributed by atoms with Crippen LogP contribution in [0.5, 0.6) is 11.5 Å². The molecule has 126 valence electrons. The Balaban J connectivity index is 2.23. The van der Waals surface area contributed by atoms with Crippen molar-refractivity contribution in [2.45, 2.75) is 25.6 Å². The number of thioether (sulfide) groups is 1. The van der Waals surface area contributed by atoms with E-state index in [1.165, 1.54) is 11.8 Å². The lowest BCUT2D eigenvalue weighted by Gasteiger charge is -2.12. The van der Waals surface area contributed by atoms with E-state index in [9.17, 15) is 5.26 Å². The van der Waals surface area contributed by atoms with Crippen molar-refractivity contribution >= 4 is 17.6 Å². The summed E-state index contributed by atoms with van der Waals surface area (Å²) in [6.07, 6.45) is 0. The van der Waals surface area contributed by atoms with E-state index in [1.807, 2.05) is 12.1 Å². The van der Waals surface area contributed by atoms with Crippen LogP contribution in [0.1, 0.15) is 25.1 Å². The lowest BCUT2D eigenvalue weighted by atomic mass is 10.2. The molecule has 0 radical (unpaired) electrons. The average Bonchev–Trinajstić information content (AvgIpc) is 2.58. The second kappa shape index (κ2) is 8.41. The Morgan fingerprint density at radius 2 is 1.96 bits per heavy atom. The number of hydrogen-bond acceptors (Lipinski definition) is 7. The summed E-state index contributed by atoms with van der Waals surface area (Å²) in [5.41, 5.74) is 6.62. The zero-order valence-electron chi connectivity index (χ0n) is 13.9. The summed E-state index contributed by atoms with van der Waals surface area (Å²) in [4.78, 5) is 8.62.